The molecule has 1 aliphatic heterocycles. The number of hydrogen-bond donors (Lipinski definition) is 2. The quantitative estimate of drug-likeness (QED) is 0.833. The number of hydrogen-bond acceptors (Lipinski definition) is 3. The number of benzene rings is 1. The molecule has 4 heteroatoms. The van der Waals surface area contributed by atoms with Crippen LogP contribution in [0.2, 0.25) is 0 Å². The van der Waals surface area contributed by atoms with Crippen LogP contribution in [0.25, 0.3) is 0 Å². The molecule has 1 aliphatic rings. The van der Waals surface area contributed by atoms with Crippen LogP contribution in [0.15, 0.2) is 18.2 Å². The molecule has 1 aromatic rings. The smallest absolute Gasteiger partial charge is 0.224 e. The fourth-order valence-corrected chi connectivity index (χ4v) is 1.92. The van der Waals surface area contributed by atoms with Crippen molar-refractivity contribution in [3.8, 4) is 5.75 Å². The van der Waals surface area contributed by atoms with E-state index in [9.17, 15) is 4.79 Å². The largest absolute Gasteiger partial charge is 0.493 e. The van der Waals surface area contributed by atoms with Gasteiger partial charge in [0.25, 0.3) is 0 Å². The number of rotatable bonds is 4. The first-order chi connectivity index (χ1) is 8.29. The predicted octanol–water partition coefficient (Wildman–Crippen LogP) is 1.69. The molecule has 92 valence electrons. The first-order valence-electron chi connectivity index (χ1n) is 6.05. The second kappa shape index (κ2) is 5.68. The fraction of sp³-hybridized carbons (Fsp3) is 0.462. The summed E-state index contributed by atoms with van der Waals surface area (Å²) >= 11 is 0. The Hall–Kier alpha value is -1.55. The average molecular weight is 234 g/mol. The van der Waals surface area contributed by atoms with Gasteiger partial charge in [0.15, 0.2) is 0 Å². The number of carbonyl (C=O) groups excluding carboxylic acids is 1. The van der Waals surface area contributed by atoms with Gasteiger partial charge < -0.3 is 15.8 Å². The molecular formula is C13H18N2O2. The number of fused-ring (bicyclic) bond motifs is 1. The molecule has 0 saturated carbocycles. The van der Waals surface area contributed by atoms with Crippen molar-refractivity contribution in [2.24, 2.45) is 5.73 Å². The molecule has 0 aliphatic carbocycles. The Morgan fingerprint density at radius 2 is 2.35 bits per heavy atom. The van der Waals surface area contributed by atoms with E-state index < -0.39 is 0 Å². The van der Waals surface area contributed by atoms with Gasteiger partial charge in [0, 0.05) is 12.1 Å². The third kappa shape index (κ3) is 3.20. The maximum atomic E-state index is 11.5. The molecule has 0 saturated heterocycles. The van der Waals surface area contributed by atoms with Gasteiger partial charge in [-0.25, -0.2) is 0 Å². The van der Waals surface area contributed by atoms with Crippen molar-refractivity contribution >= 4 is 11.6 Å². The SMILES string of the molecule is NCCCC(=O)Nc1ccc2c(c1)CCCO2. The number of anilines is 1. The summed E-state index contributed by atoms with van der Waals surface area (Å²) in [4.78, 5) is 11.5. The molecule has 3 N–H and O–H groups in total. The molecule has 0 atom stereocenters. The van der Waals surface area contributed by atoms with Crippen molar-refractivity contribution in [3.63, 3.8) is 0 Å². The van der Waals surface area contributed by atoms with E-state index >= 15 is 0 Å². The van der Waals surface area contributed by atoms with Crippen LogP contribution in [-0.2, 0) is 11.2 Å². The van der Waals surface area contributed by atoms with E-state index in [1.165, 1.54) is 5.56 Å². The minimum Gasteiger partial charge on any atom is -0.493 e. The lowest BCUT2D eigenvalue weighted by Crippen LogP contribution is -2.14. The van der Waals surface area contributed by atoms with E-state index in [4.69, 9.17) is 10.5 Å². The van der Waals surface area contributed by atoms with Crippen molar-refractivity contribution in [3.05, 3.63) is 23.8 Å². The lowest BCUT2D eigenvalue weighted by molar-refractivity contribution is -0.116. The molecule has 0 fully saturated rings. The molecular weight excluding hydrogens is 216 g/mol. The Labute approximate surface area is 101 Å². The van der Waals surface area contributed by atoms with E-state index in [2.05, 4.69) is 5.32 Å². The summed E-state index contributed by atoms with van der Waals surface area (Å²) in [6, 6.07) is 5.80. The molecule has 17 heavy (non-hydrogen) atoms. The number of nitrogens with one attached hydrogen (secondary N) is 1. The molecule has 0 spiro atoms. The zero-order chi connectivity index (χ0) is 12.1. The summed E-state index contributed by atoms with van der Waals surface area (Å²) in [5.74, 6) is 0.961. The minimum atomic E-state index is 0.0205. The first-order valence-corrected chi connectivity index (χ1v) is 6.05. The maximum absolute atomic E-state index is 11.5. The Morgan fingerprint density at radius 3 is 3.18 bits per heavy atom. The van der Waals surface area contributed by atoms with Gasteiger partial charge in [-0.15, -0.1) is 0 Å². The number of amides is 1. The van der Waals surface area contributed by atoms with Gasteiger partial charge >= 0.3 is 0 Å². The first kappa shape index (κ1) is 11.9. The number of carbonyl (C=O) groups is 1. The molecule has 1 aromatic carbocycles. The van der Waals surface area contributed by atoms with Gasteiger partial charge in [0.05, 0.1) is 6.61 Å². The van der Waals surface area contributed by atoms with Crippen molar-refractivity contribution in [2.75, 3.05) is 18.5 Å². The van der Waals surface area contributed by atoms with E-state index in [-0.39, 0.29) is 5.91 Å². The van der Waals surface area contributed by atoms with Crippen molar-refractivity contribution in [1.29, 1.82) is 0 Å². The van der Waals surface area contributed by atoms with Crippen molar-refractivity contribution < 1.29 is 9.53 Å². The van der Waals surface area contributed by atoms with E-state index in [0.717, 1.165) is 37.3 Å². The van der Waals surface area contributed by atoms with E-state index in [0.29, 0.717) is 13.0 Å². The van der Waals surface area contributed by atoms with E-state index in [1.54, 1.807) is 0 Å². The highest BCUT2D eigenvalue weighted by Crippen LogP contribution is 2.27. The summed E-state index contributed by atoms with van der Waals surface area (Å²) in [7, 11) is 0. The molecule has 1 heterocycles. The van der Waals surface area contributed by atoms with Gasteiger partial charge in [-0.1, -0.05) is 0 Å². The zero-order valence-corrected chi connectivity index (χ0v) is 9.87. The summed E-state index contributed by atoms with van der Waals surface area (Å²) in [5, 5.41) is 2.88. The van der Waals surface area contributed by atoms with Crippen LogP contribution in [0, 0.1) is 0 Å². The lowest BCUT2D eigenvalue weighted by atomic mass is 10.1. The molecule has 0 bridgehead atoms. The van der Waals surface area contributed by atoms with Crippen LogP contribution in [0.1, 0.15) is 24.8 Å². The average Bonchev–Trinajstić information content (AvgIpc) is 2.36. The molecule has 0 radical (unpaired) electrons. The van der Waals surface area contributed by atoms with Gasteiger partial charge in [-0.2, -0.15) is 0 Å². The van der Waals surface area contributed by atoms with Gasteiger partial charge in [-0.3, -0.25) is 4.79 Å². The fourth-order valence-electron chi connectivity index (χ4n) is 1.92. The molecule has 2 rings (SSSR count). The molecule has 4 nitrogen and oxygen atoms in total. The summed E-state index contributed by atoms with van der Waals surface area (Å²) in [6.45, 7) is 1.33. The third-order valence-corrected chi connectivity index (χ3v) is 2.80. The van der Waals surface area contributed by atoms with Gasteiger partial charge in [0.2, 0.25) is 5.91 Å². The minimum absolute atomic E-state index is 0.0205. The number of aryl methyl sites for hydroxylation is 1. The van der Waals surface area contributed by atoms with Crippen molar-refractivity contribution in [1.82, 2.24) is 0 Å². The molecule has 1 amide bonds. The van der Waals surface area contributed by atoms with Gasteiger partial charge in [0.1, 0.15) is 5.75 Å². The maximum Gasteiger partial charge on any atom is 0.224 e. The zero-order valence-electron chi connectivity index (χ0n) is 9.87. The third-order valence-electron chi connectivity index (χ3n) is 2.80. The monoisotopic (exact) mass is 234 g/mol. The summed E-state index contributed by atoms with van der Waals surface area (Å²) < 4.78 is 5.52. The second-order valence-corrected chi connectivity index (χ2v) is 4.21. The predicted molar refractivity (Wildman–Crippen MR) is 67.2 cm³/mol. The highest BCUT2D eigenvalue weighted by atomic mass is 16.5. The van der Waals surface area contributed by atoms with Gasteiger partial charge in [-0.05, 0) is 49.6 Å². The van der Waals surface area contributed by atoms with Crippen LogP contribution in [-0.4, -0.2) is 19.1 Å². The summed E-state index contributed by atoms with van der Waals surface area (Å²) in [6.07, 6.45) is 3.25. The standard InChI is InChI=1S/C13H18N2O2/c14-7-1-4-13(16)15-11-5-6-12-10(9-11)3-2-8-17-12/h5-6,9H,1-4,7-8,14H2,(H,15,16). The van der Waals surface area contributed by atoms with E-state index in [1.807, 2.05) is 18.2 Å². The topological polar surface area (TPSA) is 64.4 Å². The Bertz CT molecular complexity index is 404. The Kier molecular flexibility index (Phi) is 3.98. The van der Waals surface area contributed by atoms with Crippen LogP contribution in [0.4, 0.5) is 5.69 Å². The Balaban J connectivity index is 1.99. The molecule has 0 aromatic heterocycles. The van der Waals surface area contributed by atoms with Crippen molar-refractivity contribution in [2.45, 2.75) is 25.7 Å². The van der Waals surface area contributed by atoms with Crippen LogP contribution < -0.4 is 15.8 Å². The lowest BCUT2D eigenvalue weighted by Gasteiger charge is -2.18. The second-order valence-electron chi connectivity index (χ2n) is 4.21. The van der Waals surface area contributed by atoms with Crippen LogP contribution in [0.3, 0.4) is 0 Å². The molecule has 0 unspecified atom stereocenters. The van der Waals surface area contributed by atoms with Crippen LogP contribution >= 0.6 is 0 Å². The normalized spacial score (nSPS) is 13.7. The van der Waals surface area contributed by atoms with Crippen LogP contribution in [0.5, 0.6) is 5.75 Å². The Morgan fingerprint density at radius 1 is 1.47 bits per heavy atom. The number of nitrogens with two attached hydrogens (primary N) is 1. The highest BCUT2D eigenvalue weighted by Gasteiger charge is 2.11. The summed E-state index contributed by atoms with van der Waals surface area (Å²) in [5.41, 5.74) is 7.38. The highest BCUT2D eigenvalue weighted by molar-refractivity contribution is 5.90. The number of ether oxygens (including phenoxy) is 1.